The molecule has 3 heterocycles. The first-order valence-electron chi connectivity index (χ1n) is 9.78. The van der Waals surface area contributed by atoms with E-state index >= 15 is 0 Å². The van der Waals surface area contributed by atoms with Crippen LogP contribution < -0.4 is 20.1 Å². The number of hydrogen-bond acceptors (Lipinski definition) is 4. The molecule has 0 spiro atoms. The Bertz CT molecular complexity index is 980. The molecule has 2 aliphatic heterocycles. The number of aromatic nitrogens is 1. The molecule has 2 aliphatic rings. The van der Waals surface area contributed by atoms with Gasteiger partial charge in [-0.05, 0) is 55.1 Å². The lowest BCUT2D eigenvalue weighted by atomic mass is 9.96. The Hall–Kier alpha value is -2.99. The van der Waals surface area contributed by atoms with Crippen LogP contribution in [0.2, 0.25) is 0 Å². The number of carbonyl (C=O) groups is 1. The van der Waals surface area contributed by atoms with Crippen LogP contribution >= 0.6 is 0 Å². The molecule has 5 rings (SSSR count). The summed E-state index contributed by atoms with van der Waals surface area (Å²) in [6.07, 6.45) is 1.76. The topological polar surface area (TPSA) is 75.4 Å². The van der Waals surface area contributed by atoms with Gasteiger partial charge in [-0.25, -0.2) is 0 Å². The zero-order chi connectivity index (χ0) is 18.9. The van der Waals surface area contributed by atoms with E-state index in [0.29, 0.717) is 30.3 Å². The van der Waals surface area contributed by atoms with Crippen LogP contribution in [0.4, 0.5) is 0 Å². The normalized spacial score (nSPS) is 21.4. The van der Waals surface area contributed by atoms with E-state index in [2.05, 4.69) is 33.8 Å². The number of para-hydroxylation sites is 1. The third kappa shape index (κ3) is 3.31. The molecule has 1 amide bonds. The summed E-state index contributed by atoms with van der Waals surface area (Å²) in [5.41, 5.74) is 2.91. The Balaban J connectivity index is 1.28. The summed E-state index contributed by atoms with van der Waals surface area (Å²) in [7, 11) is 0. The van der Waals surface area contributed by atoms with Crippen LogP contribution in [0.25, 0.3) is 10.9 Å². The van der Waals surface area contributed by atoms with Gasteiger partial charge in [0.25, 0.3) is 5.91 Å². The number of nitrogens with one attached hydrogen (secondary N) is 3. The van der Waals surface area contributed by atoms with E-state index in [1.54, 1.807) is 18.2 Å². The Morgan fingerprint density at radius 3 is 2.79 bits per heavy atom. The van der Waals surface area contributed by atoms with E-state index in [1.165, 1.54) is 11.1 Å². The SMILES string of the molecule is O=C(N[C@@H]1CCN[C@@H](c2cc3ccccc3[nH]2)C1)c1ccc2c(c1)OCCO2. The number of piperidine rings is 1. The van der Waals surface area contributed by atoms with Crippen LogP contribution in [0.5, 0.6) is 11.5 Å². The van der Waals surface area contributed by atoms with Gasteiger partial charge in [-0.1, -0.05) is 18.2 Å². The minimum atomic E-state index is -0.0701. The highest BCUT2D eigenvalue weighted by atomic mass is 16.6. The van der Waals surface area contributed by atoms with Gasteiger partial charge in [-0.2, -0.15) is 0 Å². The van der Waals surface area contributed by atoms with Crippen LogP contribution in [0.15, 0.2) is 48.5 Å². The van der Waals surface area contributed by atoms with Crippen molar-refractivity contribution in [3.05, 3.63) is 59.8 Å². The smallest absolute Gasteiger partial charge is 0.251 e. The van der Waals surface area contributed by atoms with Gasteiger partial charge in [0, 0.05) is 28.9 Å². The summed E-state index contributed by atoms with van der Waals surface area (Å²) in [5.74, 6) is 1.27. The molecular formula is C22H23N3O3. The monoisotopic (exact) mass is 377 g/mol. The molecule has 2 aromatic carbocycles. The summed E-state index contributed by atoms with van der Waals surface area (Å²) in [5, 5.41) is 7.96. The molecule has 1 fully saturated rings. The lowest BCUT2D eigenvalue weighted by molar-refractivity contribution is 0.0923. The maximum absolute atomic E-state index is 12.7. The Morgan fingerprint density at radius 2 is 1.89 bits per heavy atom. The van der Waals surface area contributed by atoms with Crippen LogP contribution in [0.3, 0.4) is 0 Å². The third-order valence-electron chi connectivity index (χ3n) is 5.47. The number of carbonyl (C=O) groups excluding carboxylic acids is 1. The van der Waals surface area contributed by atoms with E-state index in [9.17, 15) is 4.79 Å². The lowest BCUT2D eigenvalue weighted by Gasteiger charge is -2.30. The zero-order valence-electron chi connectivity index (χ0n) is 15.5. The standard InChI is InChI=1S/C22H23N3O3/c26-22(15-5-6-20-21(12-15)28-10-9-27-20)24-16-7-8-23-18(13-16)19-11-14-3-1-2-4-17(14)25-19/h1-6,11-12,16,18,23,25H,7-10,13H2,(H,24,26)/t16-,18-/m1/s1. The molecule has 6 heteroatoms. The second kappa shape index (κ2) is 7.20. The molecule has 0 aliphatic carbocycles. The molecule has 1 aromatic heterocycles. The van der Waals surface area contributed by atoms with Gasteiger partial charge in [0.1, 0.15) is 13.2 Å². The summed E-state index contributed by atoms with van der Waals surface area (Å²) in [6, 6.07) is 16.2. The summed E-state index contributed by atoms with van der Waals surface area (Å²) < 4.78 is 11.1. The van der Waals surface area contributed by atoms with Crippen molar-refractivity contribution in [1.29, 1.82) is 0 Å². The van der Waals surface area contributed by atoms with Crippen molar-refractivity contribution in [3.8, 4) is 11.5 Å². The second-order valence-corrected chi connectivity index (χ2v) is 7.37. The van der Waals surface area contributed by atoms with Gasteiger partial charge < -0.3 is 25.1 Å². The second-order valence-electron chi connectivity index (χ2n) is 7.37. The van der Waals surface area contributed by atoms with Gasteiger partial charge in [0.15, 0.2) is 11.5 Å². The maximum Gasteiger partial charge on any atom is 0.251 e. The minimum absolute atomic E-state index is 0.0701. The van der Waals surface area contributed by atoms with Crippen LogP contribution in [-0.4, -0.2) is 36.7 Å². The first kappa shape index (κ1) is 17.1. The minimum Gasteiger partial charge on any atom is -0.486 e. The fourth-order valence-electron chi connectivity index (χ4n) is 4.02. The molecule has 144 valence electrons. The van der Waals surface area contributed by atoms with Crippen molar-refractivity contribution in [1.82, 2.24) is 15.6 Å². The molecule has 1 saturated heterocycles. The van der Waals surface area contributed by atoms with E-state index in [1.807, 2.05) is 12.1 Å². The number of hydrogen-bond donors (Lipinski definition) is 3. The fourth-order valence-corrected chi connectivity index (χ4v) is 4.02. The quantitative estimate of drug-likeness (QED) is 0.655. The molecule has 6 nitrogen and oxygen atoms in total. The number of ether oxygens (including phenoxy) is 2. The van der Waals surface area contributed by atoms with Crippen LogP contribution in [0.1, 0.15) is 34.9 Å². The molecule has 0 saturated carbocycles. The van der Waals surface area contributed by atoms with Crippen molar-refractivity contribution in [3.63, 3.8) is 0 Å². The first-order valence-corrected chi connectivity index (χ1v) is 9.78. The van der Waals surface area contributed by atoms with E-state index in [0.717, 1.165) is 24.9 Å². The van der Waals surface area contributed by atoms with Crippen molar-refractivity contribution in [2.75, 3.05) is 19.8 Å². The van der Waals surface area contributed by atoms with Crippen molar-refractivity contribution in [2.24, 2.45) is 0 Å². The molecule has 28 heavy (non-hydrogen) atoms. The van der Waals surface area contributed by atoms with E-state index < -0.39 is 0 Å². The number of H-pyrrole nitrogens is 1. The van der Waals surface area contributed by atoms with E-state index in [-0.39, 0.29) is 18.0 Å². The molecule has 0 unspecified atom stereocenters. The van der Waals surface area contributed by atoms with Gasteiger partial charge >= 0.3 is 0 Å². The Morgan fingerprint density at radius 1 is 1.04 bits per heavy atom. The molecule has 3 N–H and O–H groups in total. The van der Waals surface area contributed by atoms with Crippen molar-refractivity contribution in [2.45, 2.75) is 24.9 Å². The highest BCUT2D eigenvalue weighted by Gasteiger charge is 2.26. The summed E-state index contributed by atoms with van der Waals surface area (Å²) in [4.78, 5) is 16.2. The highest BCUT2D eigenvalue weighted by Crippen LogP contribution is 2.31. The number of rotatable bonds is 3. The van der Waals surface area contributed by atoms with E-state index in [4.69, 9.17) is 9.47 Å². The van der Waals surface area contributed by atoms with Gasteiger partial charge in [0.2, 0.25) is 0 Å². The third-order valence-corrected chi connectivity index (χ3v) is 5.47. The van der Waals surface area contributed by atoms with Crippen molar-refractivity contribution < 1.29 is 14.3 Å². The largest absolute Gasteiger partial charge is 0.486 e. The average Bonchev–Trinajstić information content (AvgIpc) is 3.18. The summed E-state index contributed by atoms with van der Waals surface area (Å²) >= 11 is 0. The Kier molecular flexibility index (Phi) is 4.41. The first-order chi connectivity index (χ1) is 13.8. The number of fused-ring (bicyclic) bond motifs is 2. The number of aromatic amines is 1. The number of benzene rings is 2. The van der Waals surface area contributed by atoms with Crippen molar-refractivity contribution >= 4 is 16.8 Å². The fraction of sp³-hybridized carbons (Fsp3) is 0.318. The average molecular weight is 377 g/mol. The molecule has 2 atom stereocenters. The number of amides is 1. The van der Waals surface area contributed by atoms with Crippen LogP contribution in [0, 0.1) is 0 Å². The molecule has 0 bridgehead atoms. The summed E-state index contributed by atoms with van der Waals surface area (Å²) in [6.45, 7) is 1.92. The predicted octanol–water partition coefficient (Wildman–Crippen LogP) is 3.16. The predicted molar refractivity (Wildman–Crippen MR) is 107 cm³/mol. The zero-order valence-corrected chi connectivity index (χ0v) is 15.5. The molecular weight excluding hydrogens is 354 g/mol. The van der Waals surface area contributed by atoms with Crippen LogP contribution in [-0.2, 0) is 0 Å². The molecule has 3 aromatic rings. The molecule has 0 radical (unpaired) electrons. The highest BCUT2D eigenvalue weighted by molar-refractivity contribution is 5.95. The maximum atomic E-state index is 12.7. The van der Waals surface area contributed by atoms with Gasteiger partial charge in [-0.3, -0.25) is 4.79 Å². The Labute approximate surface area is 163 Å². The lowest BCUT2D eigenvalue weighted by Crippen LogP contribution is -2.44. The van der Waals surface area contributed by atoms with Gasteiger partial charge in [-0.15, -0.1) is 0 Å². The van der Waals surface area contributed by atoms with Gasteiger partial charge in [0.05, 0.1) is 0 Å².